The van der Waals surface area contributed by atoms with E-state index in [1.165, 1.54) is 17.8 Å². The molecule has 0 spiro atoms. The molecule has 0 aliphatic carbocycles. The summed E-state index contributed by atoms with van der Waals surface area (Å²) in [4.78, 5) is 17.1. The lowest BCUT2D eigenvalue weighted by atomic mass is 10.1. The highest BCUT2D eigenvalue weighted by Crippen LogP contribution is 2.09. The van der Waals surface area contributed by atoms with Gasteiger partial charge in [-0.1, -0.05) is 30.3 Å². The number of hydrogen-bond donors (Lipinski definition) is 0. The molecule has 4 heteroatoms. The van der Waals surface area contributed by atoms with Crippen molar-refractivity contribution < 1.29 is 9.18 Å². The van der Waals surface area contributed by atoms with Crippen LogP contribution in [0, 0.1) is 5.95 Å². The van der Waals surface area contributed by atoms with Gasteiger partial charge >= 0.3 is 0 Å². The summed E-state index contributed by atoms with van der Waals surface area (Å²) < 4.78 is 13.5. The molecule has 1 heterocycles. The molecule has 0 N–H and O–H groups in total. The van der Waals surface area contributed by atoms with Crippen molar-refractivity contribution in [1.82, 2.24) is 9.88 Å². The summed E-state index contributed by atoms with van der Waals surface area (Å²) in [5.41, 5.74) is 1.33. The predicted molar refractivity (Wildman–Crippen MR) is 80.5 cm³/mol. The maximum atomic E-state index is 13.5. The Kier molecular flexibility index (Phi) is 5.43. The fourth-order valence-corrected chi connectivity index (χ4v) is 2.18. The molecule has 1 aromatic heterocycles. The molecule has 0 atom stereocenters. The Hall–Kier alpha value is -2.23. The smallest absolute Gasteiger partial charge is 0.258 e. The minimum atomic E-state index is -0.710. The Morgan fingerprint density at radius 2 is 1.90 bits per heavy atom. The van der Waals surface area contributed by atoms with Crippen LogP contribution in [0.4, 0.5) is 4.39 Å². The first-order valence-electron chi connectivity index (χ1n) is 7.08. The number of unbranched alkanes of at least 4 members (excludes halogenated alkanes) is 1. The van der Waals surface area contributed by atoms with E-state index < -0.39 is 5.95 Å². The Labute approximate surface area is 124 Å². The topological polar surface area (TPSA) is 33.2 Å². The highest BCUT2D eigenvalue weighted by atomic mass is 19.1. The van der Waals surface area contributed by atoms with Crippen LogP contribution in [0.25, 0.3) is 0 Å². The van der Waals surface area contributed by atoms with Gasteiger partial charge in [-0.3, -0.25) is 4.79 Å². The number of rotatable bonds is 6. The summed E-state index contributed by atoms with van der Waals surface area (Å²) in [6.07, 6.45) is 4.21. The van der Waals surface area contributed by atoms with Crippen molar-refractivity contribution in [3.05, 3.63) is 65.7 Å². The molecule has 21 heavy (non-hydrogen) atoms. The number of halogens is 1. The molecule has 1 aromatic carbocycles. The standard InChI is InChI=1S/C17H19FN2O/c1-20(17(21)15-11-7-12-19-16(15)18)13-6-5-10-14-8-3-2-4-9-14/h2-4,7-9,11-12H,5-6,10,13H2,1H3. The molecule has 3 nitrogen and oxygen atoms in total. The van der Waals surface area contributed by atoms with Gasteiger partial charge in [0.05, 0.1) is 5.56 Å². The van der Waals surface area contributed by atoms with E-state index in [4.69, 9.17) is 0 Å². The van der Waals surface area contributed by atoms with Gasteiger partial charge in [-0.05, 0) is 37.0 Å². The molecule has 0 bridgehead atoms. The van der Waals surface area contributed by atoms with E-state index in [1.54, 1.807) is 18.0 Å². The summed E-state index contributed by atoms with van der Waals surface area (Å²) in [7, 11) is 1.69. The van der Waals surface area contributed by atoms with Gasteiger partial charge in [0.25, 0.3) is 5.91 Å². The number of pyridine rings is 1. The zero-order chi connectivity index (χ0) is 15.1. The van der Waals surface area contributed by atoms with E-state index in [0.29, 0.717) is 6.54 Å². The molecule has 0 radical (unpaired) electrons. The molecule has 0 saturated heterocycles. The number of carbonyl (C=O) groups is 1. The molecule has 0 aliphatic rings. The third-order valence-electron chi connectivity index (χ3n) is 3.39. The molecule has 1 amide bonds. The van der Waals surface area contributed by atoms with Gasteiger partial charge < -0.3 is 4.90 Å². The normalized spacial score (nSPS) is 10.4. The molecule has 110 valence electrons. The average molecular weight is 286 g/mol. The first kappa shape index (κ1) is 15.2. The van der Waals surface area contributed by atoms with Gasteiger partial charge in [0.1, 0.15) is 0 Å². The van der Waals surface area contributed by atoms with Crippen molar-refractivity contribution in [3.8, 4) is 0 Å². The third-order valence-corrected chi connectivity index (χ3v) is 3.39. The van der Waals surface area contributed by atoms with Crippen LogP contribution in [0.5, 0.6) is 0 Å². The first-order valence-corrected chi connectivity index (χ1v) is 7.08. The zero-order valence-corrected chi connectivity index (χ0v) is 12.1. The van der Waals surface area contributed by atoms with Crippen molar-refractivity contribution in [2.45, 2.75) is 19.3 Å². The Morgan fingerprint density at radius 1 is 1.14 bits per heavy atom. The SMILES string of the molecule is CN(CCCCc1ccccc1)C(=O)c1cccnc1F. The maximum absolute atomic E-state index is 13.5. The second-order valence-corrected chi connectivity index (χ2v) is 5.01. The monoisotopic (exact) mass is 286 g/mol. The molecule has 0 aliphatic heterocycles. The highest BCUT2D eigenvalue weighted by Gasteiger charge is 2.15. The van der Waals surface area contributed by atoms with Gasteiger partial charge in [0.15, 0.2) is 0 Å². The molecular weight excluding hydrogens is 267 g/mol. The van der Waals surface area contributed by atoms with E-state index in [9.17, 15) is 9.18 Å². The third kappa shape index (κ3) is 4.38. The second kappa shape index (κ2) is 7.53. The lowest BCUT2D eigenvalue weighted by Crippen LogP contribution is -2.28. The molecule has 0 fully saturated rings. The largest absolute Gasteiger partial charge is 0.342 e. The summed E-state index contributed by atoms with van der Waals surface area (Å²) in [5.74, 6) is -1.03. The summed E-state index contributed by atoms with van der Waals surface area (Å²) in [5, 5.41) is 0. The lowest BCUT2D eigenvalue weighted by molar-refractivity contribution is 0.0787. The van der Waals surface area contributed by atoms with Crippen LogP contribution in [-0.4, -0.2) is 29.4 Å². The molecule has 0 saturated carbocycles. The van der Waals surface area contributed by atoms with Gasteiger partial charge in [-0.2, -0.15) is 4.39 Å². The quantitative estimate of drug-likeness (QED) is 0.603. The molecule has 2 rings (SSSR count). The van der Waals surface area contributed by atoms with Crippen molar-refractivity contribution in [2.75, 3.05) is 13.6 Å². The van der Waals surface area contributed by atoms with Crippen LogP contribution in [0.15, 0.2) is 48.7 Å². The predicted octanol–water partition coefficient (Wildman–Crippen LogP) is 3.32. The van der Waals surface area contributed by atoms with E-state index in [0.717, 1.165) is 19.3 Å². The first-order chi connectivity index (χ1) is 10.2. The Balaban J connectivity index is 1.78. The van der Waals surface area contributed by atoms with Gasteiger partial charge in [-0.25, -0.2) is 4.98 Å². The molecule has 2 aromatic rings. The van der Waals surface area contributed by atoms with Crippen LogP contribution in [0.2, 0.25) is 0 Å². The highest BCUT2D eigenvalue weighted by molar-refractivity contribution is 5.93. The average Bonchev–Trinajstić information content (AvgIpc) is 2.52. The maximum Gasteiger partial charge on any atom is 0.258 e. The number of hydrogen-bond acceptors (Lipinski definition) is 2. The van der Waals surface area contributed by atoms with E-state index in [1.807, 2.05) is 18.2 Å². The van der Waals surface area contributed by atoms with Crippen molar-refractivity contribution in [2.24, 2.45) is 0 Å². The number of amides is 1. The molecular formula is C17H19FN2O. The number of aromatic nitrogens is 1. The Morgan fingerprint density at radius 3 is 2.62 bits per heavy atom. The van der Waals surface area contributed by atoms with Crippen LogP contribution < -0.4 is 0 Å². The zero-order valence-electron chi connectivity index (χ0n) is 12.1. The van der Waals surface area contributed by atoms with Gasteiger partial charge in [-0.15, -0.1) is 0 Å². The van der Waals surface area contributed by atoms with Crippen molar-refractivity contribution in [3.63, 3.8) is 0 Å². The molecule has 0 unspecified atom stereocenters. The van der Waals surface area contributed by atoms with E-state index in [-0.39, 0.29) is 11.5 Å². The van der Waals surface area contributed by atoms with E-state index in [2.05, 4.69) is 17.1 Å². The van der Waals surface area contributed by atoms with E-state index >= 15 is 0 Å². The summed E-state index contributed by atoms with van der Waals surface area (Å²) in [6.45, 7) is 0.611. The Bertz CT molecular complexity index is 586. The van der Waals surface area contributed by atoms with Crippen LogP contribution in [-0.2, 0) is 6.42 Å². The fraction of sp³-hybridized carbons (Fsp3) is 0.294. The summed E-state index contributed by atoms with van der Waals surface area (Å²) in [6, 6.07) is 13.3. The number of benzene rings is 1. The van der Waals surface area contributed by atoms with Gasteiger partial charge in [0, 0.05) is 19.8 Å². The van der Waals surface area contributed by atoms with Gasteiger partial charge in [0.2, 0.25) is 5.95 Å². The number of aryl methyl sites for hydroxylation is 1. The number of nitrogens with zero attached hydrogens (tertiary/aromatic N) is 2. The van der Waals surface area contributed by atoms with Crippen LogP contribution in [0.1, 0.15) is 28.8 Å². The fourth-order valence-electron chi connectivity index (χ4n) is 2.18. The van der Waals surface area contributed by atoms with Crippen molar-refractivity contribution >= 4 is 5.91 Å². The minimum absolute atomic E-state index is 0.0306. The summed E-state index contributed by atoms with van der Waals surface area (Å²) >= 11 is 0. The lowest BCUT2D eigenvalue weighted by Gasteiger charge is -2.17. The van der Waals surface area contributed by atoms with Crippen LogP contribution >= 0.6 is 0 Å². The number of carbonyl (C=O) groups excluding carboxylic acids is 1. The second-order valence-electron chi connectivity index (χ2n) is 5.01. The van der Waals surface area contributed by atoms with Crippen LogP contribution in [0.3, 0.4) is 0 Å². The minimum Gasteiger partial charge on any atom is -0.342 e. The van der Waals surface area contributed by atoms with Crippen molar-refractivity contribution in [1.29, 1.82) is 0 Å².